The first-order valence-electron chi connectivity index (χ1n) is 18.5. The second-order valence-electron chi connectivity index (χ2n) is 14.8. The van der Waals surface area contributed by atoms with Crippen LogP contribution in [0.3, 0.4) is 0 Å². The number of nitrogens with one attached hydrogen (secondary N) is 1. The van der Waals surface area contributed by atoms with E-state index in [-0.39, 0.29) is 37.0 Å². The lowest BCUT2D eigenvalue weighted by atomic mass is 10.0. The van der Waals surface area contributed by atoms with Gasteiger partial charge in [-0.3, -0.25) is 18.8 Å². The molecule has 4 aromatic carbocycles. The van der Waals surface area contributed by atoms with Gasteiger partial charge in [-0.15, -0.1) is 0 Å². The first kappa shape index (κ1) is 37.6. The molecule has 0 aliphatic carbocycles. The zero-order chi connectivity index (χ0) is 37.2. The molecular weight excluding hydrogens is 667 g/mol. The van der Waals surface area contributed by atoms with Gasteiger partial charge >= 0.3 is 11.8 Å². The minimum absolute atomic E-state index is 0.0659. The molecule has 1 unspecified atom stereocenters. The maximum absolute atomic E-state index is 14.0. The number of imidazole rings is 1. The van der Waals surface area contributed by atoms with Crippen molar-refractivity contribution in [2.45, 2.75) is 83.6 Å². The fourth-order valence-corrected chi connectivity index (χ4v) is 7.25. The number of nitrogens with zero attached hydrogens (tertiary/aromatic N) is 4. The zero-order valence-corrected chi connectivity index (χ0v) is 31.0. The third kappa shape index (κ3) is 10.0. The van der Waals surface area contributed by atoms with Gasteiger partial charge in [-0.25, -0.2) is 9.59 Å². The van der Waals surface area contributed by atoms with Gasteiger partial charge in [0.25, 0.3) is 0 Å². The molecule has 53 heavy (non-hydrogen) atoms. The van der Waals surface area contributed by atoms with E-state index in [0.717, 1.165) is 17.5 Å². The van der Waals surface area contributed by atoms with Gasteiger partial charge in [0.1, 0.15) is 12.8 Å². The van der Waals surface area contributed by atoms with Crippen LogP contribution in [0.5, 0.6) is 0 Å². The van der Waals surface area contributed by atoms with Gasteiger partial charge in [-0.2, -0.15) is 0 Å². The van der Waals surface area contributed by atoms with E-state index in [1.54, 1.807) is 9.47 Å². The summed E-state index contributed by atoms with van der Waals surface area (Å²) in [6.07, 6.45) is 1.54. The maximum Gasteiger partial charge on any atom is 0.409 e. The van der Waals surface area contributed by atoms with Gasteiger partial charge in [0.15, 0.2) is 0 Å². The number of likely N-dealkylation sites (tertiary alicyclic amines) is 1. The first-order chi connectivity index (χ1) is 25.7. The highest BCUT2D eigenvalue weighted by Crippen LogP contribution is 2.27. The Kier molecular flexibility index (Phi) is 12.4. The fourth-order valence-electron chi connectivity index (χ4n) is 7.25. The summed E-state index contributed by atoms with van der Waals surface area (Å²) in [6.45, 7) is 8.51. The van der Waals surface area contributed by atoms with Crippen molar-refractivity contribution < 1.29 is 19.1 Å². The number of piperidine rings is 1. The average molecular weight is 718 g/mol. The van der Waals surface area contributed by atoms with Crippen molar-refractivity contribution in [2.75, 3.05) is 19.7 Å². The van der Waals surface area contributed by atoms with Crippen LogP contribution in [0.1, 0.15) is 56.3 Å². The minimum atomic E-state index is -0.678. The quantitative estimate of drug-likeness (QED) is 0.0948. The summed E-state index contributed by atoms with van der Waals surface area (Å²) in [5, 5.41) is 2.72. The highest BCUT2D eigenvalue weighted by molar-refractivity contribution is 5.76. The fraction of sp³-hybridized carbons (Fsp3) is 0.372. The Balaban J connectivity index is 1.16. The van der Waals surface area contributed by atoms with Crippen molar-refractivity contribution in [3.05, 3.63) is 142 Å². The lowest BCUT2D eigenvalue weighted by Gasteiger charge is -2.34. The van der Waals surface area contributed by atoms with E-state index in [9.17, 15) is 14.4 Å². The summed E-state index contributed by atoms with van der Waals surface area (Å²) in [5.41, 5.74) is 4.49. The van der Waals surface area contributed by atoms with Gasteiger partial charge in [-0.05, 0) is 68.9 Å². The lowest BCUT2D eigenvalue weighted by Crippen LogP contribution is -2.45. The van der Waals surface area contributed by atoms with Crippen LogP contribution in [0, 0.1) is 0 Å². The van der Waals surface area contributed by atoms with Crippen molar-refractivity contribution in [3.63, 3.8) is 0 Å². The molecule has 278 valence electrons. The lowest BCUT2D eigenvalue weighted by molar-refractivity contribution is -0.121. The second kappa shape index (κ2) is 17.6. The van der Waals surface area contributed by atoms with Gasteiger partial charge in [0.2, 0.25) is 6.41 Å². The molecular formula is C43H51N5O5. The van der Waals surface area contributed by atoms with E-state index in [1.165, 1.54) is 16.7 Å². The Morgan fingerprint density at radius 2 is 1.34 bits per heavy atom. The first-order valence-corrected chi connectivity index (χ1v) is 18.5. The van der Waals surface area contributed by atoms with E-state index in [4.69, 9.17) is 9.47 Å². The molecule has 1 aliphatic heterocycles. The van der Waals surface area contributed by atoms with Crippen molar-refractivity contribution >= 4 is 23.5 Å². The van der Waals surface area contributed by atoms with E-state index < -0.39 is 11.8 Å². The summed E-state index contributed by atoms with van der Waals surface area (Å²) in [6, 6.07) is 38.7. The van der Waals surface area contributed by atoms with Gasteiger partial charge in [0.05, 0.1) is 23.2 Å². The molecule has 1 N–H and O–H groups in total. The van der Waals surface area contributed by atoms with Crippen molar-refractivity contribution in [1.82, 2.24) is 24.3 Å². The Morgan fingerprint density at radius 1 is 0.811 bits per heavy atom. The van der Waals surface area contributed by atoms with Crippen LogP contribution >= 0.6 is 0 Å². The van der Waals surface area contributed by atoms with E-state index >= 15 is 0 Å². The number of para-hydroxylation sites is 2. The second-order valence-corrected chi connectivity index (χ2v) is 14.8. The largest absolute Gasteiger partial charge is 0.448 e. The molecule has 0 bridgehead atoms. The number of benzene rings is 4. The van der Waals surface area contributed by atoms with Gasteiger partial charge in [0, 0.05) is 38.3 Å². The number of rotatable bonds is 15. The molecule has 1 aromatic heterocycles. The Bertz CT molecular complexity index is 1920. The standard InChI is InChI=1S/C43H51N5O5/c1-43(2,3)53-40(44-32-49)30-47-38-21-13-14-22-39(38)48(41(47)50)36-23-25-45(26-24-36)42(51)52-31-37(27-33-15-7-4-8-16-33)46(28-34-17-9-5-10-18-34)29-35-19-11-6-12-20-35/h4-22,32,36-37,40H,23-31H2,1-3H3,(H,44,49)/t37-,40?/m1/s1. The predicted molar refractivity (Wildman–Crippen MR) is 207 cm³/mol. The Labute approximate surface area is 311 Å². The number of hydrogen-bond acceptors (Lipinski definition) is 6. The number of carbonyl (C=O) groups is 2. The summed E-state index contributed by atoms with van der Waals surface area (Å²) >= 11 is 0. The molecule has 10 nitrogen and oxygen atoms in total. The minimum Gasteiger partial charge on any atom is -0.448 e. The zero-order valence-electron chi connectivity index (χ0n) is 31.0. The number of hydrogen-bond donors (Lipinski definition) is 1. The molecule has 1 saturated heterocycles. The smallest absolute Gasteiger partial charge is 0.409 e. The van der Waals surface area contributed by atoms with Gasteiger partial charge < -0.3 is 19.7 Å². The molecule has 1 aliphatic rings. The van der Waals surface area contributed by atoms with Crippen LogP contribution in [-0.2, 0) is 40.3 Å². The summed E-state index contributed by atoms with van der Waals surface area (Å²) in [4.78, 5) is 43.3. The van der Waals surface area contributed by atoms with E-state index in [2.05, 4.69) is 70.9 Å². The summed E-state index contributed by atoms with van der Waals surface area (Å²) < 4.78 is 15.7. The van der Waals surface area contributed by atoms with Crippen LogP contribution in [0.4, 0.5) is 4.79 Å². The Morgan fingerprint density at radius 3 is 1.89 bits per heavy atom. The number of amides is 2. The SMILES string of the molecule is CC(C)(C)OC(Cn1c(=O)n(C2CCN(C(=O)OC[C@@H](Cc3ccccc3)N(Cc3ccccc3)Cc3ccccc3)CC2)c2ccccc21)NC=O. The van der Waals surface area contributed by atoms with Crippen molar-refractivity contribution in [1.29, 1.82) is 0 Å². The number of fused-ring (bicyclic) bond motifs is 1. The van der Waals surface area contributed by atoms with Crippen LogP contribution in [0.25, 0.3) is 11.0 Å². The molecule has 10 heteroatoms. The molecule has 0 spiro atoms. The van der Waals surface area contributed by atoms with Crippen LogP contribution in [-0.4, -0.2) is 69.0 Å². The highest BCUT2D eigenvalue weighted by atomic mass is 16.6. The van der Waals surface area contributed by atoms with Gasteiger partial charge in [-0.1, -0.05) is 103 Å². The predicted octanol–water partition coefficient (Wildman–Crippen LogP) is 6.78. The average Bonchev–Trinajstić information content (AvgIpc) is 3.44. The normalized spacial score (nSPS) is 15.0. The number of aromatic nitrogens is 2. The van der Waals surface area contributed by atoms with Crippen molar-refractivity contribution in [2.24, 2.45) is 0 Å². The van der Waals surface area contributed by atoms with Crippen LogP contribution in [0.15, 0.2) is 120 Å². The topological polar surface area (TPSA) is 98.0 Å². The van der Waals surface area contributed by atoms with Crippen LogP contribution < -0.4 is 11.0 Å². The molecule has 2 heterocycles. The molecule has 0 radical (unpaired) electrons. The molecule has 5 aromatic rings. The summed E-state index contributed by atoms with van der Waals surface area (Å²) in [7, 11) is 0. The van der Waals surface area contributed by atoms with Crippen molar-refractivity contribution in [3.8, 4) is 0 Å². The van der Waals surface area contributed by atoms with E-state index in [0.29, 0.717) is 45.4 Å². The Hall–Kier alpha value is -5.19. The summed E-state index contributed by atoms with van der Waals surface area (Å²) in [5.74, 6) is 0. The number of ether oxygens (including phenoxy) is 2. The third-order valence-corrected chi connectivity index (χ3v) is 9.74. The van der Waals surface area contributed by atoms with E-state index in [1.807, 2.05) is 79.9 Å². The third-order valence-electron chi connectivity index (χ3n) is 9.74. The highest BCUT2D eigenvalue weighted by Gasteiger charge is 2.30. The molecule has 0 saturated carbocycles. The molecule has 2 amide bonds. The monoisotopic (exact) mass is 717 g/mol. The van der Waals surface area contributed by atoms with Crippen LogP contribution in [0.2, 0.25) is 0 Å². The molecule has 1 fully saturated rings. The molecule has 2 atom stereocenters. The number of carbonyl (C=O) groups excluding carboxylic acids is 2. The molecule has 6 rings (SSSR count). The maximum atomic E-state index is 14.0.